The number of para-hydroxylation sites is 2. The van der Waals surface area contributed by atoms with Crippen molar-refractivity contribution in [2.45, 2.75) is 26.8 Å². The number of nitrogens with one attached hydrogen (secondary N) is 1. The summed E-state index contributed by atoms with van der Waals surface area (Å²) in [5, 5.41) is 2.94. The van der Waals surface area contributed by atoms with Gasteiger partial charge in [0.15, 0.2) is 0 Å². The first kappa shape index (κ1) is 23.4. The third kappa shape index (κ3) is 5.52. The molecule has 1 aliphatic rings. The maximum atomic E-state index is 13.3. The van der Waals surface area contributed by atoms with E-state index in [4.69, 9.17) is 9.47 Å². The van der Waals surface area contributed by atoms with Crippen molar-refractivity contribution in [2.24, 2.45) is 5.92 Å². The number of carbonyl (C=O) groups is 2. The Morgan fingerprint density at radius 3 is 2.25 bits per heavy atom. The highest BCUT2D eigenvalue weighted by Crippen LogP contribution is 2.28. The number of hydrogen-bond acceptors (Lipinski definition) is 5. The quantitative estimate of drug-likeness (QED) is 0.684. The molecule has 1 N–H and O–H groups in total. The molecule has 172 valence electrons. The summed E-state index contributed by atoms with van der Waals surface area (Å²) < 4.78 is 10.9. The van der Waals surface area contributed by atoms with Crippen molar-refractivity contribution >= 4 is 17.5 Å². The number of amides is 2. The molecule has 7 heteroatoms. The molecule has 0 aliphatic carbocycles. The average molecular weight is 440 g/mol. The van der Waals surface area contributed by atoms with Crippen molar-refractivity contribution in [3.05, 3.63) is 54.1 Å². The Bertz CT molecular complexity index is 906. The van der Waals surface area contributed by atoms with Crippen LogP contribution in [0.25, 0.3) is 0 Å². The van der Waals surface area contributed by atoms with Gasteiger partial charge in [-0.25, -0.2) is 0 Å². The smallest absolute Gasteiger partial charge is 0.251 e. The van der Waals surface area contributed by atoms with Gasteiger partial charge in [0.05, 0.1) is 19.4 Å². The number of ether oxygens (including phenoxy) is 2. The summed E-state index contributed by atoms with van der Waals surface area (Å²) >= 11 is 0. The highest BCUT2D eigenvalue weighted by atomic mass is 16.5. The fourth-order valence-corrected chi connectivity index (χ4v) is 3.86. The van der Waals surface area contributed by atoms with Gasteiger partial charge in [-0.05, 0) is 49.2 Å². The van der Waals surface area contributed by atoms with Crippen molar-refractivity contribution in [2.75, 3.05) is 44.8 Å². The second-order valence-electron chi connectivity index (χ2n) is 8.14. The number of piperazine rings is 1. The zero-order valence-electron chi connectivity index (χ0n) is 19.3. The molecule has 0 saturated carbocycles. The lowest BCUT2D eigenvalue weighted by molar-refractivity contribution is -0.134. The van der Waals surface area contributed by atoms with Gasteiger partial charge >= 0.3 is 0 Å². The zero-order chi connectivity index (χ0) is 23.1. The zero-order valence-corrected chi connectivity index (χ0v) is 19.3. The summed E-state index contributed by atoms with van der Waals surface area (Å²) in [6.45, 7) is 9.00. The lowest BCUT2D eigenvalue weighted by Gasteiger charge is -2.38. The number of nitrogens with zero attached hydrogens (tertiary/aromatic N) is 2. The summed E-state index contributed by atoms with van der Waals surface area (Å²) in [5.41, 5.74) is 1.54. The number of methoxy groups -OCH3 is 1. The maximum Gasteiger partial charge on any atom is 0.251 e. The summed E-state index contributed by atoms with van der Waals surface area (Å²) in [6.07, 6.45) is 0. The predicted octanol–water partition coefficient (Wildman–Crippen LogP) is 3.20. The minimum absolute atomic E-state index is 0.0265. The van der Waals surface area contributed by atoms with E-state index in [1.54, 1.807) is 31.4 Å². The third-order valence-corrected chi connectivity index (χ3v) is 5.66. The molecule has 1 atom stereocenters. The second kappa shape index (κ2) is 10.9. The number of benzene rings is 2. The molecule has 2 amide bonds. The molecule has 0 aromatic heterocycles. The van der Waals surface area contributed by atoms with Crippen molar-refractivity contribution in [1.82, 2.24) is 10.2 Å². The van der Waals surface area contributed by atoms with Crippen LogP contribution in [0.15, 0.2) is 48.5 Å². The van der Waals surface area contributed by atoms with Gasteiger partial charge in [0.2, 0.25) is 5.91 Å². The van der Waals surface area contributed by atoms with Crippen LogP contribution in [-0.2, 0) is 4.79 Å². The highest BCUT2D eigenvalue weighted by Gasteiger charge is 2.31. The van der Waals surface area contributed by atoms with Crippen molar-refractivity contribution in [3.63, 3.8) is 0 Å². The molecule has 2 aromatic rings. The van der Waals surface area contributed by atoms with Crippen molar-refractivity contribution in [3.8, 4) is 11.5 Å². The molecule has 1 fully saturated rings. The number of carbonyl (C=O) groups excluding carboxylic acids is 2. The standard InChI is InChI=1S/C25H33N3O4/c1-5-32-20-12-10-19(11-13-20)24(29)26-23(18(2)3)25(30)28-16-14-27(15-17-28)21-8-6-7-9-22(21)31-4/h6-13,18,23H,5,14-17H2,1-4H3,(H,26,29)/t23-/m0/s1. The molecule has 1 heterocycles. The minimum Gasteiger partial charge on any atom is -0.495 e. The summed E-state index contributed by atoms with van der Waals surface area (Å²) in [6, 6.07) is 14.3. The van der Waals surface area contributed by atoms with Crippen molar-refractivity contribution in [1.29, 1.82) is 0 Å². The van der Waals surface area contributed by atoms with Gasteiger partial charge in [-0.15, -0.1) is 0 Å². The van der Waals surface area contributed by atoms with Gasteiger partial charge in [-0.1, -0.05) is 26.0 Å². The maximum absolute atomic E-state index is 13.3. The highest BCUT2D eigenvalue weighted by molar-refractivity contribution is 5.97. The predicted molar refractivity (Wildman–Crippen MR) is 125 cm³/mol. The number of hydrogen-bond donors (Lipinski definition) is 1. The van der Waals surface area contributed by atoms with E-state index >= 15 is 0 Å². The van der Waals surface area contributed by atoms with Crippen LogP contribution >= 0.6 is 0 Å². The Hall–Kier alpha value is -3.22. The molecule has 32 heavy (non-hydrogen) atoms. The van der Waals surface area contributed by atoms with Crippen LogP contribution in [-0.4, -0.2) is 62.7 Å². The van der Waals surface area contributed by atoms with Crippen LogP contribution in [0.3, 0.4) is 0 Å². The van der Waals surface area contributed by atoms with Gasteiger partial charge in [0, 0.05) is 31.7 Å². The molecular formula is C25H33N3O4. The Morgan fingerprint density at radius 2 is 1.66 bits per heavy atom. The molecule has 7 nitrogen and oxygen atoms in total. The first-order chi connectivity index (χ1) is 15.4. The largest absolute Gasteiger partial charge is 0.495 e. The van der Waals surface area contributed by atoms with E-state index in [1.807, 2.05) is 49.9 Å². The SMILES string of the molecule is CCOc1ccc(C(=O)N[C@H](C(=O)N2CCN(c3ccccc3OC)CC2)C(C)C)cc1. The molecule has 0 spiro atoms. The Kier molecular flexibility index (Phi) is 7.98. The lowest BCUT2D eigenvalue weighted by atomic mass is 10.0. The summed E-state index contributed by atoms with van der Waals surface area (Å²) in [7, 11) is 1.67. The van der Waals surface area contributed by atoms with E-state index in [2.05, 4.69) is 10.2 Å². The lowest BCUT2D eigenvalue weighted by Crippen LogP contribution is -2.56. The molecule has 2 aromatic carbocycles. The number of rotatable bonds is 8. The Balaban J connectivity index is 1.62. The summed E-state index contributed by atoms with van der Waals surface area (Å²) in [5.74, 6) is 1.22. The van der Waals surface area contributed by atoms with Crippen LogP contribution in [0.4, 0.5) is 5.69 Å². The molecule has 3 rings (SSSR count). The topological polar surface area (TPSA) is 71.1 Å². The van der Waals surface area contributed by atoms with Gasteiger partial charge in [0.1, 0.15) is 17.5 Å². The van der Waals surface area contributed by atoms with Crippen LogP contribution < -0.4 is 19.7 Å². The van der Waals surface area contributed by atoms with Crippen LogP contribution in [0, 0.1) is 5.92 Å². The summed E-state index contributed by atoms with van der Waals surface area (Å²) in [4.78, 5) is 30.1. The minimum atomic E-state index is -0.577. The van der Waals surface area contributed by atoms with Crippen LogP contribution in [0.5, 0.6) is 11.5 Å². The van der Waals surface area contributed by atoms with Gasteiger partial charge in [-0.3, -0.25) is 9.59 Å². The molecule has 1 saturated heterocycles. The monoisotopic (exact) mass is 439 g/mol. The first-order valence-corrected chi connectivity index (χ1v) is 11.1. The Morgan fingerprint density at radius 1 is 1.00 bits per heavy atom. The van der Waals surface area contributed by atoms with E-state index in [1.165, 1.54) is 0 Å². The second-order valence-corrected chi connectivity index (χ2v) is 8.14. The molecular weight excluding hydrogens is 406 g/mol. The van der Waals surface area contributed by atoms with Gasteiger partial charge in [-0.2, -0.15) is 0 Å². The van der Waals surface area contributed by atoms with Gasteiger partial charge in [0.25, 0.3) is 5.91 Å². The van der Waals surface area contributed by atoms with Crippen LogP contribution in [0.1, 0.15) is 31.1 Å². The number of anilines is 1. The van der Waals surface area contributed by atoms with E-state index in [0.717, 1.165) is 11.4 Å². The van der Waals surface area contributed by atoms with Crippen molar-refractivity contribution < 1.29 is 19.1 Å². The third-order valence-electron chi connectivity index (χ3n) is 5.66. The molecule has 1 aliphatic heterocycles. The van der Waals surface area contributed by atoms with E-state index in [9.17, 15) is 9.59 Å². The molecule has 0 unspecified atom stereocenters. The van der Waals surface area contributed by atoms with Gasteiger partial charge < -0.3 is 24.6 Å². The first-order valence-electron chi connectivity index (χ1n) is 11.1. The van der Waals surface area contributed by atoms with E-state index < -0.39 is 6.04 Å². The fourth-order valence-electron chi connectivity index (χ4n) is 3.86. The fraction of sp³-hybridized carbons (Fsp3) is 0.440. The Labute approximate surface area is 190 Å². The average Bonchev–Trinajstić information content (AvgIpc) is 2.82. The molecule has 0 bridgehead atoms. The van der Waals surface area contributed by atoms with E-state index in [-0.39, 0.29) is 17.7 Å². The molecule has 0 radical (unpaired) electrons. The normalized spacial score (nSPS) is 14.8. The van der Waals surface area contributed by atoms with Crippen LogP contribution in [0.2, 0.25) is 0 Å². The van der Waals surface area contributed by atoms with E-state index in [0.29, 0.717) is 44.1 Å².